The summed E-state index contributed by atoms with van der Waals surface area (Å²) in [4.78, 5) is 12.4. The highest BCUT2D eigenvalue weighted by atomic mass is 32.2. The third-order valence-corrected chi connectivity index (χ3v) is 5.75. The van der Waals surface area contributed by atoms with Crippen molar-refractivity contribution in [2.45, 2.75) is 49.2 Å². The van der Waals surface area contributed by atoms with Crippen molar-refractivity contribution in [2.75, 3.05) is 10.6 Å². The number of anilines is 2. The van der Waals surface area contributed by atoms with Crippen molar-refractivity contribution < 1.29 is 4.79 Å². The molecule has 3 rings (SSSR count). The van der Waals surface area contributed by atoms with E-state index in [1.165, 1.54) is 35.9 Å². The van der Waals surface area contributed by atoms with Gasteiger partial charge in [-0.2, -0.15) is 5.10 Å². The fourth-order valence-electron chi connectivity index (χ4n) is 2.10. The Kier molecular flexibility index (Phi) is 4.58. The maximum absolute atomic E-state index is 12.4. The molecule has 1 saturated carbocycles. The van der Waals surface area contributed by atoms with E-state index in [4.69, 9.17) is 0 Å². The molecule has 1 aliphatic rings. The average Bonchev–Trinajstić information content (AvgIpc) is 3.15. The van der Waals surface area contributed by atoms with Gasteiger partial charge in [-0.1, -0.05) is 23.1 Å². The summed E-state index contributed by atoms with van der Waals surface area (Å²) in [5.74, 6) is -0.0545. The van der Waals surface area contributed by atoms with Crippen molar-refractivity contribution in [3.05, 3.63) is 11.4 Å². The molecule has 0 radical (unpaired) electrons. The van der Waals surface area contributed by atoms with Gasteiger partial charge in [0.1, 0.15) is 0 Å². The number of hydrogen-bond donors (Lipinski definition) is 2. The summed E-state index contributed by atoms with van der Waals surface area (Å²) < 4.78 is 2.57. The molecule has 0 spiro atoms. The maximum Gasteiger partial charge on any atom is 0.237 e. The maximum atomic E-state index is 12.4. The molecule has 2 heterocycles. The molecule has 124 valence electrons. The first kappa shape index (κ1) is 16.3. The molecule has 0 bridgehead atoms. The molecule has 1 aliphatic carbocycles. The lowest BCUT2D eigenvalue weighted by Crippen LogP contribution is -2.23. The second-order valence-electron chi connectivity index (χ2n) is 5.71. The Hall–Kier alpha value is -1.61. The fraction of sp³-hybridized carbons (Fsp3) is 0.571. The SMILES string of the molecule is Cc1nn(C)c(C)c1NC(=O)[C@H](C)Sc1nnc(NC2CC2)s1. The zero-order chi connectivity index (χ0) is 16.6. The van der Waals surface area contributed by atoms with Gasteiger partial charge in [0.25, 0.3) is 0 Å². The number of carbonyl (C=O) groups is 1. The molecule has 0 unspecified atom stereocenters. The molecule has 2 aromatic rings. The Labute approximate surface area is 143 Å². The van der Waals surface area contributed by atoms with Crippen molar-refractivity contribution in [2.24, 2.45) is 7.05 Å². The number of thioether (sulfide) groups is 1. The number of carbonyl (C=O) groups excluding carboxylic acids is 1. The predicted molar refractivity (Wildman–Crippen MR) is 93.2 cm³/mol. The second kappa shape index (κ2) is 6.48. The molecule has 0 aromatic carbocycles. The van der Waals surface area contributed by atoms with E-state index in [9.17, 15) is 4.79 Å². The number of aryl methyl sites for hydroxylation is 2. The van der Waals surface area contributed by atoms with Gasteiger partial charge in [-0.25, -0.2) is 0 Å². The lowest BCUT2D eigenvalue weighted by Gasteiger charge is -2.10. The van der Waals surface area contributed by atoms with Crippen LogP contribution in [0, 0.1) is 13.8 Å². The van der Waals surface area contributed by atoms with Crippen LogP contribution in [0.4, 0.5) is 10.8 Å². The van der Waals surface area contributed by atoms with Crippen LogP contribution in [0.2, 0.25) is 0 Å². The average molecular weight is 352 g/mol. The largest absolute Gasteiger partial charge is 0.357 e. The van der Waals surface area contributed by atoms with E-state index >= 15 is 0 Å². The Balaban J connectivity index is 1.59. The van der Waals surface area contributed by atoms with Crippen LogP contribution in [-0.4, -0.2) is 37.2 Å². The normalized spacial score (nSPS) is 15.5. The Bertz CT molecular complexity index is 721. The van der Waals surface area contributed by atoms with E-state index < -0.39 is 0 Å². The molecule has 7 nitrogen and oxygen atoms in total. The molecule has 23 heavy (non-hydrogen) atoms. The van der Waals surface area contributed by atoms with Crippen molar-refractivity contribution in [3.8, 4) is 0 Å². The molecule has 1 amide bonds. The summed E-state index contributed by atoms with van der Waals surface area (Å²) in [5, 5.41) is 19.4. The molecule has 2 aromatic heterocycles. The lowest BCUT2D eigenvalue weighted by atomic mass is 10.3. The monoisotopic (exact) mass is 352 g/mol. The van der Waals surface area contributed by atoms with Gasteiger partial charge >= 0.3 is 0 Å². The Morgan fingerprint density at radius 3 is 2.74 bits per heavy atom. The highest BCUT2D eigenvalue weighted by Crippen LogP contribution is 2.32. The van der Waals surface area contributed by atoms with Gasteiger partial charge in [0.05, 0.1) is 22.3 Å². The van der Waals surface area contributed by atoms with Crippen molar-refractivity contribution >= 4 is 39.8 Å². The zero-order valence-corrected chi connectivity index (χ0v) is 15.2. The molecule has 2 N–H and O–H groups in total. The van der Waals surface area contributed by atoms with Gasteiger partial charge in [0, 0.05) is 13.1 Å². The second-order valence-corrected chi connectivity index (χ2v) is 8.28. The van der Waals surface area contributed by atoms with Crippen LogP contribution < -0.4 is 10.6 Å². The summed E-state index contributed by atoms with van der Waals surface area (Å²) in [7, 11) is 1.87. The Morgan fingerprint density at radius 1 is 1.39 bits per heavy atom. The number of aromatic nitrogens is 4. The minimum atomic E-state index is -0.254. The van der Waals surface area contributed by atoms with Crippen LogP contribution in [0.15, 0.2) is 4.34 Å². The summed E-state index contributed by atoms with van der Waals surface area (Å²) in [5.41, 5.74) is 2.56. The Morgan fingerprint density at radius 2 is 2.13 bits per heavy atom. The summed E-state index contributed by atoms with van der Waals surface area (Å²) >= 11 is 2.92. The van der Waals surface area contributed by atoms with Crippen LogP contribution in [0.25, 0.3) is 0 Å². The minimum absolute atomic E-state index is 0.0545. The summed E-state index contributed by atoms with van der Waals surface area (Å²) in [6.07, 6.45) is 2.40. The van der Waals surface area contributed by atoms with Gasteiger partial charge in [-0.3, -0.25) is 9.48 Å². The smallest absolute Gasteiger partial charge is 0.237 e. The van der Waals surface area contributed by atoms with Crippen LogP contribution in [0.5, 0.6) is 0 Å². The van der Waals surface area contributed by atoms with E-state index in [0.29, 0.717) is 6.04 Å². The molecule has 0 saturated heterocycles. The molecular formula is C14H20N6OS2. The van der Waals surface area contributed by atoms with E-state index in [1.54, 1.807) is 4.68 Å². The molecule has 9 heteroatoms. The van der Waals surface area contributed by atoms with E-state index in [1.807, 2.05) is 27.8 Å². The lowest BCUT2D eigenvalue weighted by molar-refractivity contribution is -0.115. The number of nitrogens with one attached hydrogen (secondary N) is 2. The van der Waals surface area contributed by atoms with E-state index in [2.05, 4.69) is 25.9 Å². The topological polar surface area (TPSA) is 84.7 Å². The first-order chi connectivity index (χ1) is 10.9. The zero-order valence-electron chi connectivity index (χ0n) is 13.6. The van der Waals surface area contributed by atoms with Crippen molar-refractivity contribution in [1.29, 1.82) is 0 Å². The van der Waals surface area contributed by atoms with Gasteiger partial charge in [0.15, 0.2) is 4.34 Å². The summed E-state index contributed by atoms with van der Waals surface area (Å²) in [6.45, 7) is 5.70. The number of nitrogens with zero attached hydrogens (tertiary/aromatic N) is 4. The van der Waals surface area contributed by atoms with Gasteiger partial charge in [0.2, 0.25) is 11.0 Å². The molecule has 1 atom stereocenters. The van der Waals surface area contributed by atoms with Crippen LogP contribution in [0.3, 0.4) is 0 Å². The number of hydrogen-bond acceptors (Lipinski definition) is 7. The quantitative estimate of drug-likeness (QED) is 0.777. The highest BCUT2D eigenvalue weighted by Gasteiger charge is 2.24. The fourth-order valence-corrected chi connectivity index (χ4v) is 4.08. The highest BCUT2D eigenvalue weighted by molar-refractivity contribution is 8.02. The number of amides is 1. The first-order valence-corrected chi connectivity index (χ1v) is 9.21. The van der Waals surface area contributed by atoms with Gasteiger partial charge in [-0.05, 0) is 33.6 Å². The van der Waals surface area contributed by atoms with E-state index in [0.717, 1.165) is 26.5 Å². The van der Waals surface area contributed by atoms with Gasteiger partial charge in [-0.15, -0.1) is 10.2 Å². The molecule has 0 aliphatic heterocycles. The molecule has 1 fully saturated rings. The third kappa shape index (κ3) is 3.84. The number of rotatable bonds is 6. The van der Waals surface area contributed by atoms with Crippen LogP contribution in [-0.2, 0) is 11.8 Å². The standard InChI is InChI=1S/C14H20N6OS2/c1-7-11(8(2)20(4)19-7)16-12(21)9(3)22-14-18-17-13(23-14)15-10-5-6-10/h9-10H,5-6H2,1-4H3,(H,15,17)(H,16,21)/t9-/m0/s1. The van der Waals surface area contributed by atoms with E-state index in [-0.39, 0.29) is 11.2 Å². The third-order valence-electron chi connectivity index (χ3n) is 3.72. The van der Waals surface area contributed by atoms with Crippen LogP contribution >= 0.6 is 23.1 Å². The molecular weight excluding hydrogens is 332 g/mol. The van der Waals surface area contributed by atoms with Gasteiger partial charge < -0.3 is 10.6 Å². The van der Waals surface area contributed by atoms with Crippen LogP contribution in [0.1, 0.15) is 31.2 Å². The van der Waals surface area contributed by atoms with Crippen molar-refractivity contribution in [3.63, 3.8) is 0 Å². The summed E-state index contributed by atoms with van der Waals surface area (Å²) in [6, 6.07) is 0.554. The van der Waals surface area contributed by atoms with Crippen molar-refractivity contribution in [1.82, 2.24) is 20.0 Å². The first-order valence-electron chi connectivity index (χ1n) is 7.52. The predicted octanol–water partition coefficient (Wildman–Crippen LogP) is 2.58. The minimum Gasteiger partial charge on any atom is -0.357 e.